The number of anilines is 3. The molecule has 0 unspecified atom stereocenters. The highest BCUT2D eigenvalue weighted by Crippen LogP contribution is 2.45. The van der Waals surface area contributed by atoms with Gasteiger partial charge in [-0.05, 0) is 93.2 Å². The van der Waals surface area contributed by atoms with Crippen LogP contribution in [0.25, 0.3) is 70.9 Å². The first-order valence-corrected chi connectivity index (χ1v) is 17.0. The van der Waals surface area contributed by atoms with Gasteiger partial charge in [-0.2, -0.15) is 0 Å². The normalized spacial score (nSPS) is 11.4. The molecule has 50 heavy (non-hydrogen) atoms. The number of nitrogens with zero attached hydrogens (tertiary/aromatic N) is 2. The average Bonchev–Trinajstić information content (AvgIpc) is 3.54. The van der Waals surface area contributed by atoms with E-state index >= 15 is 0 Å². The summed E-state index contributed by atoms with van der Waals surface area (Å²) in [6.45, 7) is 0. The molecule has 0 bridgehead atoms. The highest BCUT2D eigenvalue weighted by atomic mass is 15.1. The fourth-order valence-corrected chi connectivity index (χ4v) is 7.80. The predicted molar refractivity (Wildman–Crippen MR) is 211 cm³/mol. The van der Waals surface area contributed by atoms with Crippen molar-refractivity contribution >= 4 is 71.2 Å². The molecule has 0 aliphatic carbocycles. The maximum Gasteiger partial charge on any atom is 0.106 e. The van der Waals surface area contributed by atoms with Crippen molar-refractivity contribution in [3.05, 3.63) is 194 Å². The van der Waals surface area contributed by atoms with Crippen LogP contribution in [0.5, 0.6) is 0 Å². The van der Waals surface area contributed by atoms with E-state index < -0.39 is 0 Å². The topological polar surface area (TPSA) is 8.17 Å². The van der Waals surface area contributed by atoms with E-state index in [1.807, 2.05) is 0 Å². The zero-order chi connectivity index (χ0) is 33.0. The molecule has 9 aromatic carbocycles. The summed E-state index contributed by atoms with van der Waals surface area (Å²) >= 11 is 0. The van der Waals surface area contributed by atoms with Gasteiger partial charge in [-0.15, -0.1) is 0 Å². The van der Waals surface area contributed by atoms with Gasteiger partial charge in [0.15, 0.2) is 0 Å². The predicted octanol–water partition coefficient (Wildman–Crippen LogP) is 13.0. The standard InChI is InChI=1S/C48H30N2/c1-3-18-36(19-4-1)49(46-32-35-16-8-9-23-39(35)42-25-11-12-26-43(42)46)38-22-13-17-34(31-38)41-27-14-28-44-48(41)47-40-24-10-7-15-33(40)29-30-45(47)50(44)37-20-5-2-6-21-37/h1-13,15-27,29-32H. The smallest absolute Gasteiger partial charge is 0.106 e. The minimum atomic E-state index is 1.02. The van der Waals surface area contributed by atoms with Crippen molar-refractivity contribution in [2.24, 2.45) is 0 Å². The summed E-state index contributed by atoms with van der Waals surface area (Å²) in [5.41, 5.74) is 8.89. The minimum Gasteiger partial charge on any atom is -0.310 e. The molecule has 0 fully saturated rings. The van der Waals surface area contributed by atoms with E-state index in [0.29, 0.717) is 0 Å². The zero-order valence-electron chi connectivity index (χ0n) is 27.2. The Kier molecular flexibility index (Phi) is 6.44. The van der Waals surface area contributed by atoms with Gasteiger partial charge >= 0.3 is 0 Å². The van der Waals surface area contributed by atoms with E-state index in [2.05, 4.69) is 204 Å². The summed E-state index contributed by atoms with van der Waals surface area (Å²) in [6.07, 6.45) is 0. The zero-order valence-corrected chi connectivity index (χ0v) is 27.2. The van der Waals surface area contributed by atoms with Crippen molar-refractivity contribution < 1.29 is 0 Å². The summed E-state index contributed by atoms with van der Waals surface area (Å²) < 4.78 is 2.33. The molecule has 0 N–H and O–H groups in total. The first kappa shape index (κ1) is 28.2. The number of para-hydroxylation sites is 2. The van der Waals surface area contributed by atoms with Gasteiger partial charge in [-0.1, -0.05) is 133 Å². The Labute approximate surface area is 290 Å². The lowest BCUT2D eigenvalue weighted by molar-refractivity contribution is 1.18. The third-order valence-electron chi connectivity index (χ3n) is 9.97. The van der Waals surface area contributed by atoms with Gasteiger partial charge in [0.2, 0.25) is 0 Å². The number of fused-ring (bicyclic) bond motifs is 8. The Bertz CT molecular complexity index is 2870. The molecule has 2 heteroatoms. The van der Waals surface area contributed by atoms with Crippen LogP contribution in [0.2, 0.25) is 0 Å². The lowest BCUT2D eigenvalue weighted by Gasteiger charge is -2.28. The van der Waals surface area contributed by atoms with Gasteiger partial charge in [0.1, 0.15) is 5.52 Å². The van der Waals surface area contributed by atoms with Crippen LogP contribution in [0.4, 0.5) is 17.1 Å². The number of hydrogen-bond donors (Lipinski definition) is 0. The van der Waals surface area contributed by atoms with Crippen LogP contribution < -0.4 is 4.90 Å². The maximum atomic E-state index is 3.54. The van der Waals surface area contributed by atoms with Crippen molar-refractivity contribution in [1.29, 1.82) is 0 Å². The second kappa shape index (κ2) is 11.4. The van der Waals surface area contributed by atoms with Gasteiger partial charge in [-0.25, -0.2) is 0 Å². The molecule has 0 aliphatic heterocycles. The van der Waals surface area contributed by atoms with Gasteiger partial charge < -0.3 is 9.47 Å². The molecule has 0 saturated carbocycles. The van der Waals surface area contributed by atoms with Crippen LogP contribution in [0.1, 0.15) is 0 Å². The quantitative estimate of drug-likeness (QED) is 0.171. The van der Waals surface area contributed by atoms with Crippen LogP contribution in [0.15, 0.2) is 182 Å². The molecule has 10 aromatic rings. The Morgan fingerprint density at radius 3 is 1.94 bits per heavy atom. The van der Waals surface area contributed by atoms with Crippen LogP contribution in [0.3, 0.4) is 0 Å². The van der Waals surface area contributed by atoms with Crippen LogP contribution in [-0.4, -0.2) is 4.57 Å². The third kappa shape index (κ3) is 4.38. The number of benzene rings is 8. The van der Waals surface area contributed by atoms with E-state index in [1.54, 1.807) is 0 Å². The molecule has 232 valence electrons. The van der Waals surface area contributed by atoms with Gasteiger partial charge in [0, 0.05) is 38.8 Å². The molecule has 2 nitrogen and oxygen atoms in total. The highest BCUT2D eigenvalue weighted by Gasteiger charge is 2.21. The molecule has 1 heterocycles. The van der Waals surface area contributed by atoms with Gasteiger partial charge in [-0.3, -0.25) is 0 Å². The molecule has 1 aromatic heterocycles. The van der Waals surface area contributed by atoms with Crippen molar-refractivity contribution in [3.8, 4) is 16.8 Å². The monoisotopic (exact) mass is 634 g/mol. The van der Waals surface area contributed by atoms with Crippen molar-refractivity contribution in [2.75, 3.05) is 4.90 Å². The van der Waals surface area contributed by atoms with E-state index in [9.17, 15) is 0 Å². The van der Waals surface area contributed by atoms with Gasteiger partial charge in [0.25, 0.3) is 0 Å². The Morgan fingerprint density at radius 2 is 1.12 bits per heavy atom. The molecular formula is C48H30N2. The SMILES string of the molecule is c1cc(-c2cccc(N(c3ccccc3)c3cc4ccccc4c4ccccc34)c2)c2c3c4ccccc4ccc3n(-c3ccccc3)c2c#1. The second-order valence-electron chi connectivity index (χ2n) is 12.8. The molecule has 10 rings (SSSR count). The molecule has 0 radical (unpaired) electrons. The van der Waals surface area contributed by atoms with Crippen molar-refractivity contribution in [3.63, 3.8) is 0 Å². The van der Waals surface area contributed by atoms with Crippen LogP contribution >= 0.6 is 0 Å². The number of aromatic nitrogens is 1. The van der Waals surface area contributed by atoms with E-state index in [4.69, 9.17) is 0 Å². The lowest BCUT2D eigenvalue weighted by atomic mass is 9.96. The first-order chi connectivity index (χ1) is 24.8. The fourth-order valence-electron chi connectivity index (χ4n) is 7.80. The summed E-state index contributed by atoms with van der Waals surface area (Å²) in [5, 5.41) is 9.79. The Morgan fingerprint density at radius 1 is 0.460 bits per heavy atom. The summed E-state index contributed by atoms with van der Waals surface area (Å²) in [6, 6.07) is 72.3. The molecule has 0 spiro atoms. The van der Waals surface area contributed by atoms with Gasteiger partial charge in [0.05, 0.1) is 11.2 Å². The van der Waals surface area contributed by atoms with Crippen molar-refractivity contribution in [2.45, 2.75) is 0 Å². The van der Waals surface area contributed by atoms with E-state index in [0.717, 1.165) is 44.9 Å². The van der Waals surface area contributed by atoms with E-state index in [1.165, 1.54) is 43.1 Å². The maximum absolute atomic E-state index is 3.54. The molecule has 0 saturated heterocycles. The number of hydrogen-bond acceptors (Lipinski definition) is 1. The van der Waals surface area contributed by atoms with Crippen LogP contribution in [-0.2, 0) is 0 Å². The minimum absolute atomic E-state index is 1.02. The second-order valence-corrected chi connectivity index (χ2v) is 12.8. The molecule has 0 aliphatic rings. The Balaban J connectivity index is 1.26. The largest absolute Gasteiger partial charge is 0.310 e. The lowest BCUT2D eigenvalue weighted by Crippen LogP contribution is -2.10. The molecule has 0 amide bonds. The van der Waals surface area contributed by atoms with Crippen LogP contribution in [0, 0.1) is 12.1 Å². The highest BCUT2D eigenvalue weighted by molar-refractivity contribution is 6.25. The summed E-state index contributed by atoms with van der Waals surface area (Å²) in [4.78, 5) is 2.40. The molecule has 0 atom stereocenters. The number of rotatable bonds is 5. The van der Waals surface area contributed by atoms with Crippen molar-refractivity contribution in [1.82, 2.24) is 4.57 Å². The third-order valence-corrected chi connectivity index (χ3v) is 9.97. The first-order valence-electron chi connectivity index (χ1n) is 17.0. The summed E-state index contributed by atoms with van der Waals surface area (Å²) in [5.74, 6) is 0. The van der Waals surface area contributed by atoms with E-state index in [-0.39, 0.29) is 0 Å². The summed E-state index contributed by atoms with van der Waals surface area (Å²) in [7, 11) is 0. The average molecular weight is 635 g/mol. The fraction of sp³-hybridized carbons (Fsp3) is 0. The Hall–Kier alpha value is -6.82. The molecular weight excluding hydrogens is 605 g/mol.